The van der Waals surface area contributed by atoms with E-state index in [9.17, 15) is 18.0 Å². The van der Waals surface area contributed by atoms with Crippen molar-refractivity contribution < 1.29 is 22.7 Å². The van der Waals surface area contributed by atoms with Gasteiger partial charge >= 0.3 is 5.97 Å². The van der Waals surface area contributed by atoms with Crippen LogP contribution in [0.25, 0.3) is 0 Å². The molecule has 0 saturated heterocycles. The van der Waals surface area contributed by atoms with Crippen molar-refractivity contribution >= 4 is 21.9 Å². The summed E-state index contributed by atoms with van der Waals surface area (Å²) in [5.41, 5.74) is 0.805. The zero-order valence-electron chi connectivity index (χ0n) is 15.8. The van der Waals surface area contributed by atoms with Crippen LogP contribution < -0.4 is 10.0 Å². The molecule has 0 unspecified atom stereocenters. The normalized spacial score (nSPS) is 11.9. The van der Waals surface area contributed by atoms with E-state index in [1.165, 1.54) is 24.3 Å². The molecular weight excluding hydrogens is 394 g/mol. The van der Waals surface area contributed by atoms with E-state index in [2.05, 4.69) is 10.0 Å². The second kappa shape index (κ2) is 10.4. The summed E-state index contributed by atoms with van der Waals surface area (Å²) in [7, 11) is -3.88. The maximum absolute atomic E-state index is 12.6. The molecule has 0 aliphatic heterocycles. The zero-order valence-corrected chi connectivity index (χ0v) is 16.6. The molecule has 1 atom stereocenters. The monoisotopic (exact) mass is 415 g/mol. The Labute approximate surface area is 169 Å². The molecule has 2 aromatic carbocycles. The second-order valence-electron chi connectivity index (χ2n) is 6.12. The van der Waals surface area contributed by atoms with E-state index in [-0.39, 0.29) is 23.4 Å². The quantitative estimate of drug-likeness (QED) is 0.476. The van der Waals surface area contributed by atoms with Gasteiger partial charge in [0.2, 0.25) is 10.0 Å². The minimum Gasteiger partial charge on any atom is -0.452 e. The van der Waals surface area contributed by atoms with Crippen molar-refractivity contribution in [1.29, 1.82) is 5.26 Å². The third-order valence-electron chi connectivity index (χ3n) is 3.90. The maximum Gasteiger partial charge on any atom is 0.338 e. The number of hydrogen-bond donors (Lipinski definition) is 2. The van der Waals surface area contributed by atoms with E-state index in [1.807, 2.05) is 36.4 Å². The number of sulfonamides is 1. The number of nitrogens with zero attached hydrogens (tertiary/aromatic N) is 1. The molecule has 0 radical (unpaired) electrons. The fraction of sp³-hybridized carbons (Fsp3) is 0.250. The predicted octanol–water partition coefficient (Wildman–Crippen LogP) is 1.91. The Morgan fingerprint density at radius 1 is 1.14 bits per heavy atom. The first kappa shape index (κ1) is 22.1. The van der Waals surface area contributed by atoms with E-state index >= 15 is 0 Å². The number of carbonyl (C=O) groups excluding carboxylic acids is 2. The van der Waals surface area contributed by atoms with Gasteiger partial charge in [0.1, 0.15) is 0 Å². The minimum atomic E-state index is -3.88. The molecule has 0 aliphatic rings. The first-order valence-corrected chi connectivity index (χ1v) is 10.3. The van der Waals surface area contributed by atoms with Crippen LogP contribution in [0.15, 0.2) is 59.5 Å². The average Bonchev–Trinajstić information content (AvgIpc) is 2.72. The first-order valence-electron chi connectivity index (χ1n) is 8.81. The topological polar surface area (TPSA) is 125 Å². The lowest BCUT2D eigenvalue weighted by Crippen LogP contribution is -2.29. The van der Waals surface area contributed by atoms with Crippen molar-refractivity contribution in [2.75, 3.05) is 13.2 Å². The molecular formula is C20H21N3O5S. The van der Waals surface area contributed by atoms with Gasteiger partial charge in [-0.05, 0) is 30.7 Å². The molecule has 0 fully saturated rings. The molecule has 0 saturated carbocycles. The molecule has 8 nitrogen and oxygen atoms in total. The summed E-state index contributed by atoms with van der Waals surface area (Å²) in [6, 6.07) is 15.9. The number of benzene rings is 2. The van der Waals surface area contributed by atoms with Gasteiger partial charge in [-0.25, -0.2) is 17.9 Å². The SMILES string of the molecule is C[C@@H](NS(=O)(=O)c1cccc(C(=O)OCC(=O)NCCC#N)c1)c1ccccc1. The van der Waals surface area contributed by atoms with Gasteiger partial charge in [0.15, 0.2) is 6.61 Å². The third-order valence-corrected chi connectivity index (χ3v) is 5.44. The van der Waals surface area contributed by atoms with Crippen LogP contribution in [0.5, 0.6) is 0 Å². The standard InChI is InChI=1S/C20H21N3O5S/c1-15(16-7-3-2-4-8-16)23-29(26,27)18-10-5-9-17(13-18)20(25)28-14-19(24)22-12-6-11-21/h2-5,7-10,13,15,23H,6,12,14H2,1H3,(H,22,24)/t15-/m1/s1. The van der Waals surface area contributed by atoms with Gasteiger partial charge in [-0.1, -0.05) is 36.4 Å². The summed E-state index contributed by atoms with van der Waals surface area (Å²) in [5, 5.41) is 10.8. The highest BCUT2D eigenvalue weighted by atomic mass is 32.2. The van der Waals surface area contributed by atoms with E-state index < -0.39 is 34.5 Å². The highest BCUT2D eigenvalue weighted by Gasteiger charge is 2.20. The molecule has 29 heavy (non-hydrogen) atoms. The van der Waals surface area contributed by atoms with Crippen molar-refractivity contribution in [2.24, 2.45) is 0 Å². The molecule has 1 amide bonds. The molecule has 0 bridgehead atoms. The number of rotatable bonds is 9. The molecule has 0 heterocycles. The Morgan fingerprint density at radius 2 is 1.86 bits per heavy atom. The number of nitriles is 1. The smallest absolute Gasteiger partial charge is 0.338 e. The third kappa shape index (κ3) is 6.71. The largest absolute Gasteiger partial charge is 0.452 e. The average molecular weight is 415 g/mol. The fourth-order valence-corrected chi connectivity index (χ4v) is 3.70. The fourth-order valence-electron chi connectivity index (χ4n) is 2.42. The van der Waals surface area contributed by atoms with Crippen LogP contribution in [-0.2, 0) is 19.6 Å². The number of ether oxygens (including phenoxy) is 1. The van der Waals surface area contributed by atoms with Crippen LogP contribution in [0, 0.1) is 11.3 Å². The lowest BCUT2D eigenvalue weighted by atomic mass is 10.1. The molecule has 0 spiro atoms. The van der Waals surface area contributed by atoms with Gasteiger partial charge < -0.3 is 10.1 Å². The van der Waals surface area contributed by atoms with Crippen molar-refractivity contribution in [3.05, 3.63) is 65.7 Å². The maximum atomic E-state index is 12.6. The lowest BCUT2D eigenvalue weighted by molar-refractivity contribution is -0.124. The number of esters is 1. The van der Waals surface area contributed by atoms with Crippen molar-refractivity contribution in [1.82, 2.24) is 10.0 Å². The van der Waals surface area contributed by atoms with Gasteiger partial charge in [-0.3, -0.25) is 4.79 Å². The van der Waals surface area contributed by atoms with Crippen molar-refractivity contribution in [2.45, 2.75) is 24.3 Å². The van der Waals surface area contributed by atoms with Crippen LogP contribution in [0.3, 0.4) is 0 Å². The van der Waals surface area contributed by atoms with Crippen LogP contribution in [-0.4, -0.2) is 33.4 Å². The van der Waals surface area contributed by atoms with Gasteiger partial charge in [0.05, 0.1) is 22.9 Å². The zero-order chi connectivity index (χ0) is 21.3. The molecule has 0 aliphatic carbocycles. The summed E-state index contributed by atoms with van der Waals surface area (Å²) in [6.07, 6.45) is 0.147. The number of nitrogens with one attached hydrogen (secondary N) is 2. The highest BCUT2D eigenvalue weighted by molar-refractivity contribution is 7.89. The number of amides is 1. The predicted molar refractivity (Wildman–Crippen MR) is 105 cm³/mol. The summed E-state index contributed by atoms with van der Waals surface area (Å²) in [6.45, 7) is 1.35. The molecule has 2 rings (SSSR count). The van der Waals surface area contributed by atoms with Crippen LogP contribution in [0.2, 0.25) is 0 Å². The Kier molecular flexibility index (Phi) is 7.88. The van der Waals surface area contributed by atoms with Crippen LogP contribution in [0.4, 0.5) is 0 Å². The molecule has 2 N–H and O–H groups in total. The molecule has 9 heteroatoms. The summed E-state index contributed by atoms with van der Waals surface area (Å²) >= 11 is 0. The molecule has 2 aromatic rings. The lowest BCUT2D eigenvalue weighted by Gasteiger charge is -2.15. The highest BCUT2D eigenvalue weighted by Crippen LogP contribution is 2.18. The number of hydrogen-bond acceptors (Lipinski definition) is 6. The van der Waals surface area contributed by atoms with Crippen molar-refractivity contribution in [3.8, 4) is 6.07 Å². The van der Waals surface area contributed by atoms with Gasteiger partial charge in [-0.15, -0.1) is 0 Å². The summed E-state index contributed by atoms with van der Waals surface area (Å²) < 4.78 is 32.8. The van der Waals surface area contributed by atoms with Crippen LogP contribution >= 0.6 is 0 Å². The van der Waals surface area contributed by atoms with E-state index in [1.54, 1.807) is 6.92 Å². The summed E-state index contributed by atoms with van der Waals surface area (Å²) in [5.74, 6) is -1.37. The minimum absolute atomic E-state index is 0.00469. The van der Waals surface area contributed by atoms with Crippen LogP contribution in [0.1, 0.15) is 35.3 Å². The van der Waals surface area contributed by atoms with E-state index in [4.69, 9.17) is 10.00 Å². The van der Waals surface area contributed by atoms with E-state index in [0.29, 0.717) is 0 Å². The first-order chi connectivity index (χ1) is 13.8. The van der Waals surface area contributed by atoms with Gasteiger partial charge in [-0.2, -0.15) is 5.26 Å². The van der Waals surface area contributed by atoms with Crippen molar-refractivity contribution in [3.63, 3.8) is 0 Å². The summed E-state index contributed by atoms with van der Waals surface area (Å²) in [4.78, 5) is 23.6. The number of carbonyl (C=O) groups is 2. The van der Waals surface area contributed by atoms with Gasteiger partial charge in [0.25, 0.3) is 5.91 Å². The second-order valence-corrected chi connectivity index (χ2v) is 7.83. The Bertz CT molecular complexity index is 1000. The van der Waals surface area contributed by atoms with E-state index in [0.717, 1.165) is 5.56 Å². The molecule has 0 aromatic heterocycles. The Hall–Kier alpha value is -3.22. The Balaban J connectivity index is 2.03. The Morgan fingerprint density at radius 3 is 2.55 bits per heavy atom. The molecule has 152 valence electrons. The van der Waals surface area contributed by atoms with Gasteiger partial charge in [0, 0.05) is 12.6 Å².